The molecule has 0 radical (unpaired) electrons. The maximum atomic E-state index is 3.50. The van der Waals surface area contributed by atoms with Gasteiger partial charge in [-0.25, -0.2) is 0 Å². The van der Waals surface area contributed by atoms with Crippen molar-refractivity contribution < 1.29 is 0 Å². The summed E-state index contributed by atoms with van der Waals surface area (Å²) in [6.07, 6.45) is 5.62. The molecular weight excluding hydrogens is 288 g/mol. The number of nitrogens with zero attached hydrogens (tertiary/aromatic N) is 1. The molecule has 1 fully saturated rings. The van der Waals surface area contributed by atoms with Crippen LogP contribution in [-0.4, -0.2) is 30.6 Å². The Hall–Kier alpha value is -0.540. The standard InChI is InChI=1S/C15H23BrN2/c1-2-18(15-8-3-4-9-15)11-10-17-14-7-5-6-13(16)12-14/h5-7,12,15,17H,2-4,8-11H2,1H3. The van der Waals surface area contributed by atoms with Gasteiger partial charge in [0.25, 0.3) is 0 Å². The number of hydrogen-bond acceptors (Lipinski definition) is 2. The normalized spacial score (nSPS) is 16.4. The first-order valence-corrected chi connectivity index (χ1v) is 7.82. The Balaban J connectivity index is 1.76. The van der Waals surface area contributed by atoms with Crippen molar-refractivity contribution in [3.8, 4) is 0 Å². The summed E-state index contributed by atoms with van der Waals surface area (Å²) in [4.78, 5) is 2.62. The first-order chi connectivity index (χ1) is 8.79. The molecule has 1 aliphatic rings. The van der Waals surface area contributed by atoms with Crippen molar-refractivity contribution in [2.24, 2.45) is 0 Å². The second-order valence-electron chi connectivity index (χ2n) is 5.00. The highest BCUT2D eigenvalue weighted by Gasteiger charge is 2.20. The number of halogens is 1. The Bertz CT molecular complexity index is 361. The molecule has 0 aromatic heterocycles. The lowest BCUT2D eigenvalue weighted by atomic mass is 10.2. The van der Waals surface area contributed by atoms with Crippen LogP contribution in [0.1, 0.15) is 32.6 Å². The first-order valence-electron chi connectivity index (χ1n) is 7.03. The Labute approximate surface area is 119 Å². The highest BCUT2D eigenvalue weighted by molar-refractivity contribution is 9.10. The molecule has 1 saturated carbocycles. The van der Waals surface area contributed by atoms with Crippen LogP contribution in [0.4, 0.5) is 5.69 Å². The minimum Gasteiger partial charge on any atom is -0.384 e. The molecule has 0 heterocycles. The molecule has 100 valence electrons. The van der Waals surface area contributed by atoms with Gasteiger partial charge in [-0.05, 0) is 37.6 Å². The maximum absolute atomic E-state index is 3.50. The van der Waals surface area contributed by atoms with Crippen molar-refractivity contribution in [1.29, 1.82) is 0 Å². The van der Waals surface area contributed by atoms with Gasteiger partial charge in [0.15, 0.2) is 0 Å². The second kappa shape index (κ2) is 7.15. The first kappa shape index (κ1) is 13.9. The number of rotatable bonds is 6. The van der Waals surface area contributed by atoms with Crippen molar-refractivity contribution >= 4 is 21.6 Å². The third kappa shape index (κ3) is 3.99. The van der Waals surface area contributed by atoms with Gasteiger partial charge in [-0.1, -0.05) is 41.8 Å². The fraction of sp³-hybridized carbons (Fsp3) is 0.600. The quantitative estimate of drug-likeness (QED) is 0.850. The van der Waals surface area contributed by atoms with E-state index in [1.165, 1.54) is 37.9 Å². The van der Waals surface area contributed by atoms with Gasteiger partial charge < -0.3 is 5.32 Å². The summed E-state index contributed by atoms with van der Waals surface area (Å²) in [7, 11) is 0. The molecule has 0 atom stereocenters. The predicted octanol–water partition coefficient (Wildman–Crippen LogP) is 4.13. The van der Waals surface area contributed by atoms with E-state index in [2.05, 4.69) is 57.3 Å². The van der Waals surface area contributed by atoms with Crippen LogP contribution in [0.5, 0.6) is 0 Å². The van der Waals surface area contributed by atoms with E-state index < -0.39 is 0 Å². The molecule has 0 saturated heterocycles. The van der Waals surface area contributed by atoms with Gasteiger partial charge in [-0.2, -0.15) is 0 Å². The molecule has 0 bridgehead atoms. The molecule has 0 amide bonds. The molecule has 0 unspecified atom stereocenters. The molecular formula is C15H23BrN2. The van der Waals surface area contributed by atoms with Crippen molar-refractivity contribution in [3.63, 3.8) is 0 Å². The topological polar surface area (TPSA) is 15.3 Å². The van der Waals surface area contributed by atoms with Gasteiger partial charge in [0.2, 0.25) is 0 Å². The predicted molar refractivity (Wildman–Crippen MR) is 82.1 cm³/mol. The van der Waals surface area contributed by atoms with Gasteiger partial charge in [0.05, 0.1) is 0 Å². The SMILES string of the molecule is CCN(CCNc1cccc(Br)c1)C1CCCC1. The number of likely N-dealkylation sites (N-methyl/N-ethyl adjacent to an activating group) is 1. The third-order valence-corrected chi connectivity index (χ3v) is 4.29. The maximum Gasteiger partial charge on any atom is 0.0351 e. The summed E-state index contributed by atoms with van der Waals surface area (Å²) < 4.78 is 1.13. The molecule has 2 nitrogen and oxygen atoms in total. The second-order valence-corrected chi connectivity index (χ2v) is 5.92. The molecule has 0 spiro atoms. The zero-order chi connectivity index (χ0) is 12.8. The van der Waals surface area contributed by atoms with Crippen LogP contribution in [0, 0.1) is 0 Å². The van der Waals surface area contributed by atoms with Crippen LogP contribution >= 0.6 is 15.9 Å². The average molecular weight is 311 g/mol. The van der Waals surface area contributed by atoms with Crippen LogP contribution in [0.15, 0.2) is 28.7 Å². The fourth-order valence-corrected chi connectivity index (χ4v) is 3.21. The van der Waals surface area contributed by atoms with Gasteiger partial charge in [0, 0.05) is 29.3 Å². The van der Waals surface area contributed by atoms with E-state index in [1.807, 2.05) is 0 Å². The highest BCUT2D eigenvalue weighted by Crippen LogP contribution is 2.23. The van der Waals surface area contributed by atoms with Crippen molar-refractivity contribution in [2.45, 2.75) is 38.6 Å². The Kier molecular flexibility index (Phi) is 5.51. The number of benzene rings is 1. The summed E-state index contributed by atoms with van der Waals surface area (Å²) >= 11 is 3.50. The minimum absolute atomic E-state index is 0.833. The van der Waals surface area contributed by atoms with Crippen LogP contribution in [0.2, 0.25) is 0 Å². The smallest absolute Gasteiger partial charge is 0.0351 e. The van der Waals surface area contributed by atoms with Gasteiger partial charge in [-0.15, -0.1) is 0 Å². The fourth-order valence-electron chi connectivity index (χ4n) is 2.81. The van der Waals surface area contributed by atoms with E-state index >= 15 is 0 Å². The van der Waals surface area contributed by atoms with Crippen LogP contribution < -0.4 is 5.32 Å². The Morgan fingerprint density at radius 2 is 2.11 bits per heavy atom. The lowest BCUT2D eigenvalue weighted by Crippen LogP contribution is -2.36. The van der Waals surface area contributed by atoms with Gasteiger partial charge in [0.1, 0.15) is 0 Å². The van der Waals surface area contributed by atoms with E-state index in [9.17, 15) is 0 Å². The monoisotopic (exact) mass is 310 g/mol. The molecule has 3 heteroatoms. The average Bonchev–Trinajstić information content (AvgIpc) is 2.88. The summed E-state index contributed by atoms with van der Waals surface area (Å²) in [5.41, 5.74) is 1.20. The van der Waals surface area contributed by atoms with Crippen molar-refractivity contribution in [3.05, 3.63) is 28.7 Å². The van der Waals surface area contributed by atoms with E-state index in [4.69, 9.17) is 0 Å². The van der Waals surface area contributed by atoms with Gasteiger partial charge in [-0.3, -0.25) is 4.90 Å². The van der Waals surface area contributed by atoms with E-state index in [1.54, 1.807) is 0 Å². The van der Waals surface area contributed by atoms with Crippen molar-refractivity contribution in [1.82, 2.24) is 4.90 Å². The molecule has 2 rings (SSSR count). The largest absolute Gasteiger partial charge is 0.384 e. The molecule has 1 aromatic carbocycles. The lowest BCUT2D eigenvalue weighted by Gasteiger charge is -2.27. The highest BCUT2D eigenvalue weighted by atomic mass is 79.9. The zero-order valence-electron chi connectivity index (χ0n) is 11.2. The van der Waals surface area contributed by atoms with Crippen LogP contribution in [0.3, 0.4) is 0 Å². The molecule has 1 aliphatic carbocycles. The van der Waals surface area contributed by atoms with Crippen LogP contribution in [0.25, 0.3) is 0 Å². The zero-order valence-corrected chi connectivity index (χ0v) is 12.7. The molecule has 18 heavy (non-hydrogen) atoms. The Morgan fingerprint density at radius 1 is 1.33 bits per heavy atom. The Morgan fingerprint density at radius 3 is 2.78 bits per heavy atom. The summed E-state index contributed by atoms with van der Waals surface area (Å²) in [6.45, 7) is 5.62. The minimum atomic E-state index is 0.833. The number of nitrogens with one attached hydrogen (secondary N) is 1. The summed E-state index contributed by atoms with van der Waals surface area (Å²) in [5.74, 6) is 0. The number of anilines is 1. The molecule has 1 aromatic rings. The molecule has 0 aliphatic heterocycles. The van der Waals surface area contributed by atoms with E-state index in [0.717, 1.165) is 23.6 Å². The summed E-state index contributed by atoms with van der Waals surface area (Å²) in [5, 5.41) is 3.50. The number of hydrogen-bond donors (Lipinski definition) is 1. The third-order valence-electron chi connectivity index (χ3n) is 3.80. The lowest BCUT2D eigenvalue weighted by molar-refractivity contribution is 0.217. The summed E-state index contributed by atoms with van der Waals surface area (Å²) in [6, 6.07) is 9.21. The van der Waals surface area contributed by atoms with Crippen LogP contribution in [-0.2, 0) is 0 Å². The van der Waals surface area contributed by atoms with Gasteiger partial charge >= 0.3 is 0 Å². The van der Waals surface area contributed by atoms with Crippen molar-refractivity contribution in [2.75, 3.05) is 25.0 Å². The molecule has 1 N–H and O–H groups in total. The van der Waals surface area contributed by atoms with E-state index in [-0.39, 0.29) is 0 Å². The van der Waals surface area contributed by atoms with E-state index in [0.29, 0.717) is 0 Å².